The molecular formula is C17H17Cl2N3O3S. The SMILES string of the molecule is COc1cc(/C=N\NC(=S)Nc2ccc(Cl)c(Cl)c2)cc(OC)c1OC. The number of thiocarbonyl (C=S) groups is 1. The first kappa shape index (κ1) is 20.1. The molecule has 0 amide bonds. The zero-order chi connectivity index (χ0) is 19.1. The highest BCUT2D eigenvalue weighted by Crippen LogP contribution is 2.37. The molecule has 0 aliphatic carbocycles. The van der Waals surface area contributed by atoms with E-state index in [1.54, 1.807) is 57.9 Å². The Labute approximate surface area is 167 Å². The van der Waals surface area contributed by atoms with Crippen LogP contribution in [0.25, 0.3) is 0 Å². The van der Waals surface area contributed by atoms with Gasteiger partial charge in [0.25, 0.3) is 0 Å². The van der Waals surface area contributed by atoms with Crippen LogP contribution in [0.15, 0.2) is 35.4 Å². The summed E-state index contributed by atoms with van der Waals surface area (Å²) < 4.78 is 15.9. The highest BCUT2D eigenvalue weighted by Gasteiger charge is 2.12. The lowest BCUT2D eigenvalue weighted by atomic mass is 10.2. The molecule has 0 heterocycles. The number of halogens is 2. The molecule has 0 aliphatic rings. The summed E-state index contributed by atoms with van der Waals surface area (Å²) in [5.74, 6) is 1.58. The predicted octanol–water partition coefficient (Wildman–Crippen LogP) is 4.34. The maximum absolute atomic E-state index is 5.96. The van der Waals surface area contributed by atoms with Gasteiger partial charge in [-0.2, -0.15) is 5.10 Å². The Balaban J connectivity index is 2.05. The molecule has 6 nitrogen and oxygen atoms in total. The zero-order valence-electron chi connectivity index (χ0n) is 14.3. The number of hydrazone groups is 1. The van der Waals surface area contributed by atoms with Crippen LogP contribution >= 0.6 is 35.4 Å². The van der Waals surface area contributed by atoms with E-state index in [1.807, 2.05) is 0 Å². The van der Waals surface area contributed by atoms with Crippen LogP contribution < -0.4 is 25.0 Å². The largest absolute Gasteiger partial charge is 0.493 e. The molecule has 0 saturated carbocycles. The summed E-state index contributed by atoms with van der Waals surface area (Å²) in [5.41, 5.74) is 4.15. The Morgan fingerprint density at radius 2 is 1.65 bits per heavy atom. The van der Waals surface area contributed by atoms with Crippen LogP contribution in [0, 0.1) is 0 Å². The summed E-state index contributed by atoms with van der Waals surface area (Å²) in [4.78, 5) is 0. The maximum Gasteiger partial charge on any atom is 0.203 e. The van der Waals surface area contributed by atoms with Gasteiger partial charge < -0.3 is 19.5 Å². The van der Waals surface area contributed by atoms with Gasteiger partial charge in [0, 0.05) is 11.3 Å². The van der Waals surface area contributed by atoms with E-state index in [2.05, 4.69) is 15.8 Å². The molecular weight excluding hydrogens is 397 g/mol. The van der Waals surface area contributed by atoms with Gasteiger partial charge in [-0.05, 0) is 42.5 Å². The van der Waals surface area contributed by atoms with Crippen molar-refractivity contribution in [3.63, 3.8) is 0 Å². The van der Waals surface area contributed by atoms with Gasteiger partial charge in [0.05, 0.1) is 37.6 Å². The Bertz CT molecular complexity index is 806. The van der Waals surface area contributed by atoms with Gasteiger partial charge in [0.2, 0.25) is 5.75 Å². The van der Waals surface area contributed by atoms with Crippen molar-refractivity contribution >= 4 is 52.4 Å². The van der Waals surface area contributed by atoms with E-state index in [4.69, 9.17) is 49.6 Å². The Morgan fingerprint density at radius 1 is 1.00 bits per heavy atom. The summed E-state index contributed by atoms with van der Waals surface area (Å²) >= 11 is 17.0. The van der Waals surface area contributed by atoms with E-state index in [0.29, 0.717) is 38.1 Å². The van der Waals surface area contributed by atoms with Crippen LogP contribution in [0.4, 0.5) is 5.69 Å². The Morgan fingerprint density at radius 3 is 2.19 bits per heavy atom. The number of benzene rings is 2. The predicted molar refractivity (Wildman–Crippen MR) is 110 cm³/mol. The van der Waals surface area contributed by atoms with E-state index >= 15 is 0 Å². The number of methoxy groups -OCH3 is 3. The smallest absolute Gasteiger partial charge is 0.203 e. The molecule has 0 aliphatic heterocycles. The van der Waals surface area contributed by atoms with Gasteiger partial charge in [-0.25, -0.2) is 0 Å². The first-order valence-electron chi connectivity index (χ1n) is 7.33. The van der Waals surface area contributed by atoms with Crippen LogP contribution in [0.2, 0.25) is 10.0 Å². The van der Waals surface area contributed by atoms with Gasteiger partial charge in [0.15, 0.2) is 16.6 Å². The molecule has 0 saturated heterocycles. The molecule has 0 fully saturated rings. The van der Waals surface area contributed by atoms with Crippen molar-refractivity contribution in [2.75, 3.05) is 26.6 Å². The topological polar surface area (TPSA) is 64.1 Å². The first-order chi connectivity index (χ1) is 12.5. The van der Waals surface area contributed by atoms with Gasteiger partial charge in [-0.15, -0.1) is 0 Å². The monoisotopic (exact) mass is 413 g/mol. The molecule has 2 rings (SSSR count). The summed E-state index contributed by atoms with van der Waals surface area (Å²) in [7, 11) is 4.64. The molecule has 0 aromatic heterocycles. The fourth-order valence-electron chi connectivity index (χ4n) is 2.07. The molecule has 2 aromatic carbocycles. The second-order valence-electron chi connectivity index (χ2n) is 4.91. The fourth-order valence-corrected chi connectivity index (χ4v) is 2.54. The van der Waals surface area contributed by atoms with Crippen LogP contribution in [0.1, 0.15) is 5.56 Å². The number of nitrogens with zero attached hydrogens (tertiary/aromatic N) is 1. The molecule has 26 heavy (non-hydrogen) atoms. The van der Waals surface area contributed by atoms with Crippen molar-refractivity contribution in [3.8, 4) is 17.2 Å². The quantitative estimate of drug-likeness (QED) is 0.417. The summed E-state index contributed by atoms with van der Waals surface area (Å²) in [6.45, 7) is 0. The molecule has 0 spiro atoms. The van der Waals surface area contributed by atoms with Crippen molar-refractivity contribution in [1.82, 2.24) is 5.43 Å². The van der Waals surface area contributed by atoms with Gasteiger partial charge in [-0.3, -0.25) is 5.43 Å². The summed E-state index contributed by atoms with van der Waals surface area (Å²) in [6, 6.07) is 8.63. The molecule has 9 heteroatoms. The number of rotatable bonds is 6. The number of hydrogen-bond donors (Lipinski definition) is 2. The minimum Gasteiger partial charge on any atom is -0.493 e. The third-order valence-corrected chi connectivity index (χ3v) is 4.18. The van der Waals surface area contributed by atoms with Gasteiger partial charge in [-0.1, -0.05) is 23.2 Å². The second kappa shape index (κ2) is 9.47. The summed E-state index contributed by atoms with van der Waals surface area (Å²) in [5, 5.41) is 8.25. The lowest BCUT2D eigenvalue weighted by molar-refractivity contribution is 0.324. The van der Waals surface area contributed by atoms with E-state index in [9.17, 15) is 0 Å². The fraction of sp³-hybridized carbons (Fsp3) is 0.176. The molecule has 0 atom stereocenters. The molecule has 0 radical (unpaired) electrons. The van der Waals surface area contributed by atoms with E-state index in [-0.39, 0.29) is 0 Å². The molecule has 2 aromatic rings. The standard InChI is InChI=1S/C17H17Cl2N3O3S/c1-23-14-6-10(7-15(24-2)16(14)25-3)9-20-22-17(26)21-11-4-5-12(18)13(19)8-11/h4-9H,1-3H3,(H2,21,22,26)/b20-9-. The molecule has 0 bridgehead atoms. The number of nitrogens with one attached hydrogen (secondary N) is 2. The van der Waals surface area contributed by atoms with E-state index in [0.717, 1.165) is 5.56 Å². The summed E-state index contributed by atoms with van der Waals surface area (Å²) in [6.07, 6.45) is 1.58. The van der Waals surface area contributed by atoms with Crippen LogP contribution in [0.3, 0.4) is 0 Å². The number of anilines is 1. The Hall–Kier alpha value is -2.22. The molecule has 0 unspecified atom stereocenters. The molecule has 2 N–H and O–H groups in total. The lowest BCUT2D eigenvalue weighted by Gasteiger charge is -2.12. The maximum atomic E-state index is 5.96. The van der Waals surface area contributed by atoms with E-state index < -0.39 is 0 Å². The Kier molecular flexibility index (Phi) is 7.32. The third kappa shape index (κ3) is 5.14. The second-order valence-corrected chi connectivity index (χ2v) is 6.13. The zero-order valence-corrected chi connectivity index (χ0v) is 16.6. The average Bonchev–Trinajstić information content (AvgIpc) is 2.63. The van der Waals surface area contributed by atoms with Crippen molar-refractivity contribution in [2.45, 2.75) is 0 Å². The average molecular weight is 414 g/mol. The molecule has 138 valence electrons. The van der Waals surface area contributed by atoms with Gasteiger partial charge in [0.1, 0.15) is 0 Å². The lowest BCUT2D eigenvalue weighted by Crippen LogP contribution is -2.23. The number of ether oxygens (including phenoxy) is 3. The van der Waals surface area contributed by atoms with Crippen molar-refractivity contribution in [2.24, 2.45) is 5.10 Å². The van der Waals surface area contributed by atoms with Gasteiger partial charge >= 0.3 is 0 Å². The highest BCUT2D eigenvalue weighted by molar-refractivity contribution is 7.80. The minimum absolute atomic E-state index is 0.298. The third-order valence-electron chi connectivity index (χ3n) is 3.24. The minimum atomic E-state index is 0.298. The van der Waals surface area contributed by atoms with Crippen LogP contribution in [-0.4, -0.2) is 32.7 Å². The number of hydrogen-bond acceptors (Lipinski definition) is 5. The normalized spacial score (nSPS) is 10.5. The van der Waals surface area contributed by atoms with E-state index in [1.165, 1.54) is 0 Å². The van der Waals surface area contributed by atoms with Crippen LogP contribution in [0.5, 0.6) is 17.2 Å². The van der Waals surface area contributed by atoms with Crippen molar-refractivity contribution in [1.29, 1.82) is 0 Å². The first-order valence-corrected chi connectivity index (χ1v) is 8.50. The van der Waals surface area contributed by atoms with Crippen molar-refractivity contribution in [3.05, 3.63) is 45.9 Å². The van der Waals surface area contributed by atoms with Crippen LogP contribution in [-0.2, 0) is 0 Å². The van der Waals surface area contributed by atoms with Crippen molar-refractivity contribution < 1.29 is 14.2 Å². The highest BCUT2D eigenvalue weighted by atomic mass is 35.5.